The standard InChI is InChI=1S/C29H26N2O3/c1-20-8-2-3-9-24(20)29(33)30-21-14-16-23(17-15-21)34-19-22(32)18-31-27-12-6-4-10-25(27)26-11-5-7-13-28(26)31/h2-17,22,32H,18-19H2,1H3,(H,30,33)/t22-/m1/s1. The van der Waals surface area contributed by atoms with Gasteiger partial charge in [0.15, 0.2) is 0 Å². The number of hydrogen-bond donors (Lipinski definition) is 2. The van der Waals surface area contributed by atoms with Gasteiger partial charge in [-0.15, -0.1) is 0 Å². The fourth-order valence-corrected chi connectivity index (χ4v) is 4.32. The minimum atomic E-state index is -0.681. The third kappa shape index (κ3) is 4.38. The van der Waals surface area contributed by atoms with E-state index in [1.54, 1.807) is 30.3 Å². The number of carbonyl (C=O) groups excluding carboxylic acids is 1. The van der Waals surface area contributed by atoms with Gasteiger partial charge in [-0.2, -0.15) is 0 Å². The summed E-state index contributed by atoms with van der Waals surface area (Å²) in [6.45, 7) is 2.50. The quantitative estimate of drug-likeness (QED) is 0.330. The number of benzene rings is 4. The third-order valence-electron chi connectivity index (χ3n) is 6.02. The van der Waals surface area contributed by atoms with E-state index in [1.807, 2.05) is 49.4 Å². The van der Waals surface area contributed by atoms with Crippen LogP contribution >= 0.6 is 0 Å². The Morgan fingerprint density at radius 1 is 0.853 bits per heavy atom. The van der Waals surface area contributed by atoms with Gasteiger partial charge in [-0.05, 0) is 55.0 Å². The number of nitrogens with one attached hydrogen (secondary N) is 1. The Labute approximate surface area is 198 Å². The number of carbonyl (C=O) groups is 1. The van der Waals surface area contributed by atoms with Crippen LogP contribution in [0.1, 0.15) is 15.9 Å². The lowest BCUT2D eigenvalue weighted by molar-refractivity contribution is 0.0945. The summed E-state index contributed by atoms with van der Waals surface area (Å²) in [7, 11) is 0. The molecule has 5 rings (SSSR count). The highest BCUT2D eigenvalue weighted by Gasteiger charge is 2.14. The summed E-state index contributed by atoms with van der Waals surface area (Å²) in [5.74, 6) is 0.489. The van der Waals surface area contributed by atoms with E-state index in [-0.39, 0.29) is 12.5 Å². The second kappa shape index (κ2) is 9.41. The zero-order valence-corrected chi connectivity index (χ0v) is 18.9. The van der Waals surface area contributed by atoms with Crippen LogP contribution in [0, 0.1) is 6.92 Å². The first kappa shape index (κ1) is 21.7. The maximum Gasteiger partial charge on any atom is 0.255 e. The minimum absolute atomic E-state index is 0.145. The van der Waals surface area contributed by atoms with Gasteiger partial charge in [0.05, 0.1) is 6.54 Å². The van der Waals surface area contributed by atoms with Crippen molar-refractivity contribution in [2.45, 2.75) is 19.6 Å². The van der Waals surface area contributed by atoms with Crippen molar-refractivity contribution < 1.29 is 14.6 Å². The zero-order valence-electron chi connectivity index (χ0n) is 18.9. The number of aliphatic hydroxyl groups excluding tert-OH is 1. The Balaban J connectivity index is 1.23. The molecular formula is C29H26N2O3. The predicted molar refractivity (Wildman–Crippen MR) is 137 cm³/mol. The Hall–Kier alpha value is -4.09. The molecule has 1 amide bonds. The average molecular weight is 451 g/mol. The molecule has 5 aromatic rings. The first-order valence-corrected chi connectivity index (χ1v) is 11.3. The third-order valence-corrected chi connectivity index (χ3v) is 6.02. The van der Waals surface area contributed by atoms with Crippen LogP contribution in [-0.4, -0.2) is 28.3 Å². The van der Waals surface area contributed by atoms with E-state index in [4.69, 9.17) is 4.74 Å². The number of hydrogen-bond acceptors (Lipinski definition) is 3. The van der Waals surface area contributed by atoms with Crippen LogP contribution in [0.4, 0.5) is 5.69 Å². The van der Waals surface area contributed by atoms with Crippen molar-refractivity contribution in [2.75, 3.05) is 11.9 Å². The molecule has 0 spiro atoms. The van der Waals surface area contributed by atoms with E-state index in [9.17, 15) is 9.90 Å². The van der Waals surface area contributed by atoms with Crippen molar-refractivity contribution in [3.05, 3.63) is 108 Å². The van der Waals surface area contributed by atoms with Crippen LogP contribution in [-0.2, 0) is 6.54 Å². The van der Waals surface area contributed by atoms with Gasteiger partial charge in [-0.3, -0.25) is 4.79 Å². The molecule has 34 heavy (non-hydrogen) atoms. The molecule has 1 aromatic heterocycles. The van der Waals surface area contributed by atoms with Gasteiger partial charge in [0.1, 0.15) is 18.5 Å². The number of amides is 1. The normalized spacial score (nSPS) is 12.1. The number of nitrogens with zero attached hydrogens (tertiary/aromatic N) is 1. The highest BCUT2D eigenvalue weighted by molar-refractivity contribution is 6.08. The molecule has 1 heterocycles. The topological polar surface area (TPSA) is 63.5 Å². The van der Waals surface area contributed by atoms with Crippen LogP contribution in [0.5, 0.6) is 5.75 Å². The van der Waals surface area contributed by atoms with Gasteiger partial charge in [-0.1, -0.05) is 54.6 Å². The second-order valence-electron chi connectivity index (χ2n) is 8.40. The molecule has 0 aliphatic rings. The number of para-hydroxylation sites is 2. The van der Waals surface area contributed by atoms with Gasteiger partial charge in [0, 0.05) is 33.1 Å². The molecule has 0 fully saturated rings. The molecule has 0 radical (unpaired) electrons. The fourth-order valence-electron chi connectivity index (χ4n) is 4.32. The smallest absolute Gasteiger partial charge is 0.255 e. The monoisotopic (exact) mass is 450 g/mol. The van der Waals surface area contributed by atoms with Gasteiger partial charge in [0.2, 0.25) is 0 Å². The lowest BCUT2D eigenvalue weighted by Crippen LogP contribution is -2.23. The Kier molecular flexibility index (Phi) is 6.02. The van der Waals surface area contributed by atoms with Crippen molar-refractivity contribution >= 4 is 33.4 Å². The molecule has 0 bridgehead atoms. The average Bonchev–Trinajstić information content (AvgIpc) is 3.17. The van der Waals surface area contributed by atoms with Crippen LogP contribution in [0.15, 0.2) is 97.1 Å². The van der Waals surface area contributed by atoms with E-state index in [2.05, 4.69) is 34.1 Å². The molecular weight excluding hydrogens is 424 g/mol. The molecule has 5 heteroatoms. The maximum absolute atomic E-state index is 12.5. The lowest BCUT2D eigenvalue weighted by atomic mass is 10.1. The highest BCUT2D eigenvalue weighted by atomic mass is 16.5. The van der Waals surface area contributed by atoms with Gasteiger partial charge >= 0.3 is 0 Å². The lowest BCUT2D eigenvalue weighted by Gasteiger charge is -2.15. The summed E-state index contributed by atoms with van der Waals surface area (Å²) in [5, 5.41) is 16.0. The zero-order chi connectivity index (χ0) is 23.5. The number of rotatable bonds is 7. The predicted octanol–water partition coefficient (Wildman–Crippen LogP) is 5.80. The van der Waals surface area contributed by atoms with Crippen LogP contribution in [0.25, 0.3) is 21.8 Å². The Morgan fingerprint density at radius 3 is 2.09 bits per heavy atom. The molecule has 0 aliphatic carbocycles. The molecule has 1 atom stereocenters. The fraction of sp³-hybridized carbons (Fsp3) is 0.138. The maximum atomic E-state index is 12.5. The van der Waals surface area contributed by atoms with Crippen LogP contribution < -0.4 is 10.1 Å². The van der Waals surface area contributed by atoms with Crippen molar-refractivity contribution in [1.82, 2.24) is 4.57 Å². The van der Waals surface area contributed by atoms with Crippen molar-refractivity contribution in [2.24, 2.45) is 0 Å². The number of aromatic nitrogens is 1. The van der Waals surface area contributed by atoms with E-state index < -0.39 is 6.10 Å². The summed E-state index contributed by atoms with van der Waals surface area (Å²) < 4.78 is 7.97. The number of ether oxygens (including phenoxy) is 1. The SMILES string of the molecule is Cc1ccccc1C(=O)Nc1ccc(OC[C@H](O)Cn2c3ccccc3c3ccccc32)cc1. The van der Waals surface area contributed by atoms with Crippen LogP contribution in [0.2, 0.25) is 0 Å². The van der Waals surface area contributed by atoms with E-state index in [0.29, 0.717) is 23.5 Å². The second-order valence-corrected chi connectivity index (χ2v) is 8.40. The van der Waals surface area contributed by atoms with E-state index in [0.717, 1.165) is 16.6 Å². The molecule has 5 nitrogen and oxygen atoms in total. The molecule has 2 N–H and O–H groups in total. The molecule has 0 saturated heterocycles. The van der Waals surface area contributed by atoms with E-state index >= 15 is 0 Å². The molecule has 170 valence electrons. The summed E-state index contributed by atoms with van der Waals surface area (Å²) in [5.41, 5.74) is 4.45. The summed E-state index contributed by atoms with van der Waals surface area (Å²) in [6, 6.07) is 31.1. The molecule has 0 unspecified atom stereocenters. The molecule has 4 aromatic carbocycles. The number of fused-ring (bicyclic) bond motifs is 3. The van der Waals surface area contributed by atoms with Gasteiger partial charge < -0.3 is 19.7 Å². The van der Waals surface area contributed by atoms with Gasteiger partial charge in [-0.25, -0.2) is 0 Å². The van der Waals surface area contributed by atoms with Crippen molar-refractivity contribution in [3.8, 4) is 5.75 Å². The van der Waals surface area contributed by atoms with Crippen LogP contribution in [0.3, 0.4) is 0 Å². The number of aliphatic hydroxyl groups is 1. The first-order valence-electron chi connectivity index (χ1n) is 11.3. The van der Waals surface area contributed by atoms with Gasteiger partial charge in [0.25, 0.3) is 5.91 Å². The number of anilines is 1. The Morgan fingerprint density at radius 2 is 1.44 bits per heavy atom. The summed E-state index contributed by atoms with van der Waals surface area (Å²) in [4.78, 5) is 12.5. The minimum Gasteiger partial charge on any atom is -0.491 e. The van der Waals surface area contributed by atoms with Crippen molar-refractivity contribution in [1.29, 1.82) is 0 Å². The number of aryl methyl sites for hydroxylation is 1. The molecule has 0 aliphatic heterocycles. The summed E-state index contributed by atoms with van der Waals surface area (Å²) >= 11 is 0. The molecule has 0 saturated carbocycles. The van der Waals surface area contributed by atoms with Crippen molar-refractivity contribution in [3.63, 3.8) is 0 Å². The summed E-state index contributed by atoms with van der Waals surface area (Å²) in [6.07, 6.45) is -0.681. The largest absolute Gasteiger partial charge is 0.491 e. The van der Waals surface area contributed by atoms with E-state index in [1.165, 1.54) is 10.8 Å². The first-order chi connectivity index (χ1) is 16.6. The highest BCUT2D eigenvalue weighted by Crippen LogP contribution is 2.29. The Bertz CT molecular complexity index is 1400.